The minimum Gasteiger partial charge on any atom is -0.387 e. The number of amides is 1. The zero-order valence-electron chi connectivity index (χ0n) is 50.8. The van der Waals surface area contributed by atoms with Crippen LogP contribution >= 0.6 is 7.82 Å². The Bertz CT molecular complexity index is 1360. The van der Waals surface area contributed by atoms with E-state index in [2.05, 4.69) is 19.2 Å². The summed E-state index contributed by atoms with van der Waals surface area (Å²) >= 11 is 0. The number of allylic oxidation sites excluding steroid dienone is 1. The number of aliphatic hydroxyl groups excluding tert-OH is 6. The van der Waals surface area contributed by atoms with Gasteiger partial charge in [0.15, 0.2) is 0 Å². The van der Waals surface area contributed by atoms with Gasteiger partial charge in [-0.05, 0) is 19.3 Å². The lowest BCUT2D eigenvalue weighted by atomic mass is 9.85. The largest absolute Gasteiger partial charge is 0.472 e. The van der Waals surface area contributed by atoms with Crippen LogP contribution in [0.25, 0.3) is 0 Å². The van der Waals surface area contributed by atoms with Gasteiger partial charge in [0, 0.05) is 6.42 Å². The molecule has 1 rings (SSSR count). The third kappa shape index (κ3) is 43.7. The highest BCUT2D eigenvalue weighted by Gasteiger charge is 2.51. The van der Waals surface area contributed by atoms with Crippen molar-refractivity contribution < 1.29 is 53.9 Å². The Morgan fingerprint density at radius 3 is 0.974 bits per heavy atom. The predicted octanol–water partition coefficient (Wildman–Crippen LogP) is 16.6. The molecule has 6 unspecified atom stereocenters. The zero-order valence-corrected chi connectivity index (χ0v) is 51.6. The summed E-state index contributed by atoms with van der Waals surface area (Å²) in [7, 11) is -5.09. The smallest absolute Gasteiger partial charge is 0.387 e. The standard InChI is InChI=1S/C65H128NO11P/c1-3-5-7-9-11-13-15-17-19-21-22-23-24-25-26-27-28-29-30-31-32-33-34-35-36-37-38-39-41-43-45-47-49-51-53-55-59(68)66-57(56-76-78(74,75)77-65-63(72)61(70)60(69)62(71)64(65)73)58(67)54-52-50-48-46-44-42-40-20-18-16-14-12-10-8-6-4-2/h52,54,57-58,60-65,67,69-73H,3-51,53,55-56H2,1-2H3,(H,66,68)(H,74,75)/b54-52+/t57-,58+,60?,61+,62?,63?,64?,65?/m0/s1. The first-order chi connectivity index (χ1) is 37.9. The van der Waals surface area contributed by atoms with Crippen LogP contribution in [0.15, 0.2) is 12.2 Å². The molecule has 9 atom stereocenters. The van der Waals surface area contributed by atoms with Gasteiger partial charge >= 0.3 is 7.82 Å². The molecule has 0 radical (unpaired) electrons. The fourth-order valence-electron chi connectivity index (χ4n) is 11.2. The first kappa shape index (κ1) is 75.1. The van der Waals surface area contributed by atoms with E-state index < -0.39 is 63.2 Å². The van der Waals surface area contributed by atoms with Crippen molar-refractivity contribution >= 4 is 13.7 Å². The first-order valence-corrected chi connectivity index (χ1v) is 35.1. The lowest BCUT2D eigenvalue weighted by Gasteiger charge is -2.41. The fraction of sp³-hybridized carbons (Fsp3) is 0.954. The number of carbonyl (C=O) groups excluding carboxylic acids is 1. The van der Waals surface area contributed by atoms with Gasteiger partial charge in [-0.1, -0.05) is 328 Å². The minimum absolute atomic E-state index is 0.220. The van der Waals surface area contributed by atoms with Crippen molar-refractivity contribution in [3.63, 3.8) is 0 Å². The normalized spacial score (nSPS) is 20.4. The molecule has 0 aromatic carbocycles. The van der Waals surface area contributed by atoms with Gasteiger partial charge in [0.1, 0.15) is 36.6 Å². The minimum atomic E-state index is -5.09. The second-order valence-electron chi connectivity index (χ2n) is 24.0. The van der Waals surface area contributed by atoms with Gasteiger partial charge in [0.25, 0.3) is 0 Å². The Balaban J connectivity index is 2.17. The zero-order chi connectivity index (χ0) is 57.0. The van der Waals surface area contributed by atoms with Crippen LogP contribution in [0, 0.1) is 0 Å². The van der Waals surface area contributed by atoms with Crippen LogP contribution in [0.1, 0.15) is 341 Å². The maximum Gasteiger partial charge on any atom is 0.472 e. The molecule has 0 heterocycles. The second kappa shape index (κ2) is 54.0. The van der Waals surface area contributed by atoms with Crippen LogP contribution in [0.3, 0.4) is 0 Å². The van der Waals surface area contributed by atoms with Gasteiger partial charge < -0.3 is 40.8 Å². The van der Waals surface area contributed by atoms with Crippen molar-refractivity contribution in [1.29, 1.82) is 0 Å². The van der Waals surface area contributed by atoms with E-state index >= 15 is 0 Å². The van der Waals surface area contributed by atoms with Crippen LogP contribution in [-0.2, 0) is 18.4 Å². The molecule has 0 aliphatic heterocycles. The maximum atomic E-state index is 13.1. The number of hydrogen-bond acceptors (Lipinski definition) is 10. The lowest BCUT2D eigenvalue weighted by Crippen LogP contribution is -2.64. The molecule has 0 aromatic heterocycles. The number of rotatable bonds is 59. The summed E-state index contributed by atoms with van der Waals surface area (Å²) in [5, 5.41) is 64.4. The molecule has 78 heavy (non-hydrogen) atoms. The van der Waals surface area contributed by atoms with Crippen molar-refractivity contribution in [2.45, 2.75) is 390 Å². The monoisotopic (exact) mass is 1130 g/mol. The number of unbranched alkanes of at least 4 members (excludes halogenated alkanes) is 48. The number of nitrogens with one attached hydrogen (secondary N) is 1. The maximum absolute atomic E-state index is 13.1. The molecule has 0 bridgehead atoms. The highest BCUT2D eigenvalue weighted by Crippen LogP contribution is 2.47. The third-order valence-corrected chi connectivity index (χ3v) is 17.6. The molecule has 1 aliphatic carbocycles. The van der Waals surface area contributed by atoms with Crippen LogP contribution < -0.4 is 5.32 Å². The second-order valence-corrected chi connectivity index (χ2v) is 25.4. The molecule has 8 N–H and O–H groups in total. The van der Waals surface area contributed by atoms with Crippen molar-refractivity contribution in [2.75, 3.05) is 6.61 Å². The van der Waals surface area contributed by atoms with Crippen molar-refractivity contribution in [2.24, 2.45) is 0 Å². The third-order valence-electron chi connectivity index (χ3n) is 16.6. The summed E-state index contributed by atoms with van der Waals surface area (Å²) in [6.45, 7) is 3.90. The van der Waals surface area contributed by atoms with E-state index in [1.165, 1.54) is 270 Å². The molecule has 0 saturated heterocycles. The molecule has 464 valence electrons. The summed E-state index contributed by atoms with van der Waals surface area (Å²) in [5.41, 5.74) is 0. The number of carbonyl (C=O) groups is 1. The van der Waals surface area contributed by atoms with E-state index in [1.807, 2.05) is 6.08 Å². The Morgan fingerprint density at radius 1 is 0.423 bits per heavy atom. The highest BCUT2D eigenvalue weighted by molar-refractivity contribution is 7.47. The molecule has 13 heteroatoms. The summed E-state index contributed by atoms with van der Waals surface area (Å²) in [6.07, 6.45) is 56.1. The summed E-state index contributed by atoms with van der Waals surface area (Å²) in [6, 6.07) is -1.11. The molecular formula is C65H128NO11P. The van der Waals surface area contributed by atoms with Crippen LogP contribution in [0.2, 0.25) is 0 Å². The lowest BCUT2D eigenvalue weighted by molar-refractivity contribution is -0.220. The predicted molar refractivity (Wildman–Crippen MR) is 325 cm³/mol. The van der Waals surface area contributed by atoms with Crippen molar-refractivity contribution in [1.82, 2.24) is 5.32 Å². The summed E-state index contributed by atoms with van der Waals surface area (Å²) in [4.78, 5) is 23.6. The number of phosphoric ester groups is 1. The first-order valence-electron chi connectivity index (χ1n) is 33.6. The fourth-order valence-corrected chi connectivity index (χ4v) is 12.2. The molecular weight excluding hydrogens is 1000 g/mol. The summed E-state index contributed by atoms with van der Waals surface area (Å²) < 4.78 is 23.1. The van der Waals surface area contributed by atoms with Crippen molar-refractivity contribution in [3.05, 3.63) is 12.2 Å². The van der Waals surface area contributed by atoms with E-state index in [0.717, 1.165) is 44.9 Å². The van der Waals surface area contributed by atoms with Crippen molar-refractivity contribution in [3.8, 4) is 0 Å². The number of hydrogen-bond donors (Lipinski definition) is 8. The van der Waals surface area contributed by atoms with Gasteiger partial charge in [0.2, 0.25) is 5.91 Å². The van der Waals surface area contributed by atoms with Gasteiger partial charge in [0.05, 0.1) is 18.8 Å². The van der Waals surface area contributed by atoms with Crippen LogP contribution in [0.4, 0.5) is 0 Å². The van der Waals surface area contributed by atoms with Gasteiger partial charge in [-0.2, -0.15) is 0 Å². The Labute approximate surface area is 479 Å². The van der Waals surface area contributed by atoms with E-state index in [1.54, 1.807) is 6.08 Å². The Hall–Kier alpha value is -0.920. The molecule has 0 aromatic rings. The van der Waals surface area contributed by atoms with E-state index in [-0.39, 0.29) is 12.3 Å². The van der Waals surface area contributed by atoms with Gasteiger partial charge in [-0.25, -0.2) is 4.57 Å². The SMILES string of the molecule is CCCCCCCCCCCCCCCC/C=C/[C@@H](O)[C@H](COP(=O)(O)OC1C(O)C(O)C(O)[C@@H](O)C1O)NC(=O)CCCCCCCCCCCCCCCCCCCCCCCCCCCCCCCCCCCCC. The Kier molecular flexibility index (Phi) is 52.0. The average molecular weight is 1130 g/mol. The molecule has 1 fully saturated rings. The van der Waals surface area contributed by atoms with E-state index in [0.29, 0.717) is 6.42 Å². The molecule has 0 spiro atoms. The molecule has 1 amide bonds. The molecule has 1 aliphatic rings. The van der Waals surface area contributed by atoms with Gasteiger partial charge in [-0.3, -0.25) is 13.8 Å². The highest BCUT2D eigenvalue weighted by atomic mass is 31.2. The van der Waals surface area contributed by atoms with Crippen LogP contribution in [-0.4, -0.2) is 96.8 Å². The molecule has 1 saturated carbocycles. The summed E-state index contributed by atoms with van der Waals surface area (Å²) in [5.74, 6) is -0.332. The molecule has 12 nitrogen and oxygen atoms in total. The number of aliphatic hydroxyl groups is 6. The Morgan fingerprint density at radius 2 is 0.679 bits per heavy atom. The van der Waals surface area contributed by atoms with E-state index in [4.69, 9.17) is 9.05 Å². The number of phosphoric acid groups is 1. The quantitative estimate of drug-likeness (QED) is 0.0163. The van der Waals surface area contributed by atoms with Gasteiger partial charge in [-0.15, -0.1) is 0 Å². The van der Waals surface area contributed by atoms with Crippen LogP contribution in [0.5, 0.6) is 0 Å². The average Bonchev–Trinajstić information content (AvgIpc) is 3.46. The topological polar surface area (TPSA) is 206 Å². The van der Waals surface area contributed by atoms with E-state index in [9.17, 15) is 44.9 Å².